The van der Waals surface area contributed by atoms with Crippen LogP contribution in [0.5, 0.6) is 0 Å². The number of amides is 1. The molecule has 0 atom stereocenters. The van der Waals surface area contributed by atoms with E-state index in [1.807, 2.05) is 4.90 Å². The van der Waals surface area contributed by atoms with Crippen LogP contribution in [-0.2, 0) is 4.79 Å². The van der Waals surface area contributed by atoms with Crippen LogP contribution >= 0.6 is 0 Å². The molecule has 0 radical (unpaired) electrons. The van der Waals surface area contributed by atoms with Crippen molar-refractivity contribution in [3.05, 3.63) is 23.3 Å². The van der Waals surface area contributed by atoms with Crippen LogP contribution in [0, 0.1) is 0 Å². The number of hydrogen-bond donors (Lipinski definition) is 0. The van der Waals surface area contributed by atoms with Gasteiger partial charge in [0.1, 0.15) is 0 Å². The molecule has 0 unspecified atom stereocenters. The summed E-state index contributed by atoms with van der Waals surface area (Å²) in [5.74, 6) is 0.344. The molecular formula is C17H29NO. The van der Waals surface area contributed by atoms with E-state index in [0.717, 1.165) is 32.4 Å². The summed E-state index contributed by atoms with van der Waals surface area (Å²) in [6.07, 6.45) is 12.0. The van der Waals surface area contributed by atoms with Crippen molar-refractivity contribution in [3.63, 3.8) is 0 Å². The van der Waals surface area contributed by atoms with Crippen LogP contribution in [0.4, 0.5) is 0 Å². The zero-order valence-corrected chi connectivity index (χ0v) is 12.9. The largest absolute Gasteiger partial charge is 0.343 e. The van der Waals surface area contributed by atoms with E-state index in [-0.39, 0.29) is 0 Å². The monoisotopic (exact) mass is 263 g/mol. The zero-order chi connectivity index (χ0) is 14.1. The van der Waals surface area contributed by atoms with Crippen molar-refractivity contribution in [2.75, 3.05) is 13.1 Å². The van der Waals surface area contributed by atoms with Gasteiger partial charge in [-0.05, 0) is 59.3 Å². The summed E-state index contributed by atoms with van der Waals surface area (Å²) in [7, 11) is 0. The summed E-state index contributed by atoms with van der Waals surface area (Å²) in [6.45, 7) is 8.36. The van der Waals surface area contributed by atoms with Crippen LogP contribution in [0.25, 0.3) is 0 Å². The summed E-state index contributed by atoms with van der Waals surface area (Å²) in [4.78, 5) is 14.1. The fraction of sp³-hybridized carbons (Fsp3) is 0.706. The Morgan fingerprint density at radius 2 is 1.58 bits per heavy atom. The van der Waals surface area contributed by atoms with Gasteiger partial charge in [-0.25, -0.2) is 0 Å². The minimum atomic E-state index is 0.344. The van der Waals surface area contributed by atoms with Crippen molar-refractivity contribution in [3.8, 4) is 0 Å². The molecule has 1 saturated heterocycles. The third-order valence-electron chi connectivity index (χ3n) is 3.65. The van der Waals surface area contributed by atoms with E-state index in [0.29, 0.717) is 12.3 Å². The fourth-order valence-electron chi connectivity index (χ4n) is 2.41. The highest BCUT2D eigenvalue weighted by Gasteiger charge is 2.15. The Kier molecular flexibility index (Phi) is 7.54. The topological polar surface area (TPSA) is 20.3 Å². The maximum atomic E-state index is 12.0. The molecule has 108 valence electrons. The first-order chi connectivity index (χ1) is 9.09. The van der Waals surface area contributed by atoms with Gasteiger partial charge in [0.05, 0.1) is 0 Å². The molecule has 1 heterocycles. The van der Waals surface area contributed by atoms with Gasteiger partial charge in [0.25, 0.3) is 0 Å². The first kappa shape index (κ1) is 16.0. The van der Waals surface area contributed by atoms with E-state index in [2.05, 4.69) is 32.9 Å². The summed E-state index contributed by atoms with van der Waals surface area (Å²) in [6, 6.07) is 0. The Balaban J connectivity index is 2.21. The van der Waals surface area contributed by atoms with Crippen molar-refractivity contribution < 1.29 is 4.79 Å². The Labute approximate surface area is 118 Å². The molecule has 0 N–H and O–H groups in total. The second-order valence-electron chi connectivity index (χ2n) is 5.85. The first-order valence-corrected chi connectivity index (χ1v) is 7.66. The van der Waals surface area contributed by atoms with Gasteiger partial charge in [-0.1, -0.05) is 23.3 Å². The SMILES string of the molecule is CC(C)=CCC/C=C(\C)CCC(=O)N1CCCCC1. The van der Waals surface area contributed by atoms with Crippen molar-refractivity contribution in [2.24, 2.45) is 0 Å². The highest BCUT2D eigenvalue weighted by Crippen LogP contribution is 2.13. The van der Waals surface area contributed by atoms with Gasteiger partial charge in [-0.15, -0.1) is 0 Å². The van der Waals surface area contributed by atoms with Gasteiger partial charge in [0, 0.05) is 19.5 Å². The third kappa shape index (κ3) is 7.19. The molecule has 1 fully saturated rings. The molecule has 0 aromatic heterocycles. The second-order valence-corrected chi connectivity index (χ2v) is 5.85. The van der Waals surface area contributed by atoms with E-state index in [1.165, 1.54) is 30.4 Å². The van der Waals surface area contributed by atoms with Gasteiger partial charge in [0.2, 0.25) is 5.91 Å². The Morgan fingerprint density at radius 3 is 2.21 bits per heavy atom. The highest BCUT2D eigenvalue weighted by molar-refractivity contribution is 5.76. The summed E-state index contributed by atoms with van der Waals surface area (Å²) in [5, 5.41) is 0. The normalized spacial score (nSPS) is 16.4. The number of allylic oxidation sites excluding steroid dienone is 4. The van der Waals surface area contributed by atoms with E-state index in [4.69, 9.17) is 0 Å². The molecule has 0 aliphatic carbocycles. The summed E-state index contributed by atoms with van der Waals surface area (Å²) in [5.41, 5.74) is 2.74. The lowest BCUT2D eigenvalue weighted by molar-refractivity contribution is -0.132. The average molecular weight is 263 g/mol. The number of rotatable bonds is 6. The van der Waals surface area contributed by atoms with Crippen molar-refractivity contribution in [1.82, 2.24) is 4.90 Å². The lowest BCUT2D eigenvalue weighted by atomic mass is 10.1. The number of piperidine rings is 1. The zero-order valence-electron chi connectivity index (χ0n) is 12.9. The molecule has 1 amide bonds. The molecule has 1 aliphatic heterocycles. The Bertz CT molecular complexity index is 331. The lowest BCUT2D eigenvalue weighted by Crippen LogP contribution is -2.35. The number of nitrogens with zero attached hydrogens (tertiary/aromatic N) is 1. The van der Waals surface area contributed by atoms with Crippen LogP contribution in [0.1, 0.15) is 65.7 Å². The first-order valence-electron chi connectivity index (χ1n) is 7.66. The molecular weight excluding hydrogens is 234 g/mol. The van der Waals surface area contributed by atoms with Crippen LogP contribution < -0.4 is 0 Å². The molecule has 0 aromatic rings. The molecule has 19 heavy (non-hydrogen) atoms. The van der Waals surface area contributed by atoms with Crippen LogP contribution in [0.3, 0.4) is 0 Å². The van der Waals surface area contributed by atoms with Gasteiger partial charge in [-0.2, -0.15) is 0 Å². The molecule has 0 bridgehead atoms. The van der Waals surface area contributed by atoms with E-state index in [1.54, 1.807) is 0 Å². The smallest absolute Gasteiger partial charge is 0.222 e. The van der Waals surface area contributed by atoms with Gasteiger partial charge >= 0.3 is 0 Å². The maximum Gasteiger partial charge on any atom is 0.222 e. The van der Waals surface area contributed by atoms with Gasteiger partial charge in [0.15, 0.2) is 0 Å². The average Bonchev–Trinajstić information content (AvgIpc) is 2.41. The fourth-order valence-corrected chi connectivity index (χ4v) is 2.41. The number of carbonyl (C=O) groups is 1. The molecule has 2 nitrogen and oxygen atoms in total. The Hall–Kier alpha value is -1.05. The quantitative estimate of drug-likeness (QED) is 0.511. The van der Waals surface area contributed by atoms with Gasteiger partial charge < -0.3 is 4.90 Å². The molecule has 0 spiro atoms. The van der Waals surface area contributed by atoms with Crippen LogP contribution in [0.15, 0.2) is 23.3 Å². The standard InChI is InChI=1S/C17H29NO/c1-15(2)9-5-6-10-16(3)11-12-17(19)18-13-7-4-8-14-18/h9-10H,4-8,11-14H2,1-3H3/b16-10+. The van der Waals surface area contributed by atoms with Crippen molar-refractivity contribution >= 4 is 5.91 Å². The minimum Gasteiger partial charge on any atom is -0.343 e. The van der Waals surface area contributed by atoms with Crippen LogP contribution in [-0.4, -0.2) is 23.9 Å². The van der Waals surface area contributed by atoms with E-state index < -0.39 is 0 Å². The van der Waals surface area contributed by atoms with E-state index in [9.17, 15) is 4.79 Å². The second kappa shape index (κ2) is 8.95. The number of likely N-dealkylation sites (tertiary alicyclic amines) is 1. The number of unbranched alkanes of at least 4 members (excludes halogenated alkanes) is 1. The van der Waals surface area contributed by atoms with Gasteiger partial charge in [-0.3, -0.25) is 4.79 Å². The minimum absolute atomic E-state index is 0.344. The van der Waals surface area contributed by atoms with E-state index >= 15 is 0 Å². The maximum absolute atomic E-state index is 12.0. The van der Waals surface area contributed by atoms with Crippen molar-refractivity contribution in [1.29, 1.82) is 0 Å². The van der Waals surface area contributed by atoms with Crippen molar-refractivity contribution in [2.45, 2.75) is 65.7 Å². The van der Waals surface area contributed by atoms with Crippen LogP contribution in [0.2, 0.25) is 0 Å². The molecule has 0 saturated carbocycles. The molecule has 2 heteroatoms. The highest BCUT2D eigenvalue weighted by atomic mass is 16.2. The summed E-state index contributed by atoms with van der Waals surface area (Å²) < 4.78 is 0. The lowest BCUT2D eigenvalue weighted by Gasteiger charge is -2.26. The third-order valence-corrected chi connectivity index (χ3v) is 3.65. The summed E-state index contributed by atoms with van der Waals surface area (Å²) >= 11 is 0. The molecule has 0 aromatic carbocycles. The number of carbonyl (C=O) groups excluding carboxylic acids is 1. The molecule has 1 aliphatic rings. The predicted molar refractivity (Wildman–Crippen MR) is 82.1 cm³/mol. The predicted octanol–water partition coefficient (Wildman–Crippen LogP) is 4.47. The number of hydrogen-bond acceptors (Lipinski definition) is 1. The molecule has 1 rings (SSSR count). The Morgan fingerprint density at radius 1 is 0.947 bits per heavy atom.